The molecule has 218 valence electrons. The molecule has 0 bridgehead atoms. The van der Waals surface area contributed by atoms with E-state index in [1.807, 2.05) is 0 Å². The molecule has 1 saturated carbocycles. The summed E-state index contributed by atoms with van der Waals surface area (Å²) in [4.78, 5) is 30.0. The van der Waals surface area contributed by atoms with Gasteiger partial charge >= 0.3 is 0 Å². The molecule has 0 aliphatic heterocycles. The molecule has 2 amide bonds. The summed E-state index contributed by atoms with van der Waals surface area (Å²) in [5.74, 6) is -1.02. The highest BCUT2D eigenvalue weighted by Crippen LogP contribution is 2.35. The highest BCUT2D eigenvalue weighted by Gasteiger charge is 2.35. The molecule has 5 rings (SSSR count). The van der Waals surface area contributed by atoms with E-state index in [4.69, 9.17) is 10.5 Å². The van der Waals surface area contributed by atoms with Crippen LogP contribution in [0.2, 0.25) is 0 Å². The minimum absolute atomic E-state index is 0.00771. The number of benzene rings is 3. The average Bonchev–Trinajstić information content (AvgIpc) is 3.39. The Morgan fingerprint density at radius 3 is 2.21 bits per heavy atom. The number of nitrogen functional groups attached to an aromatic ring is 1. The maximum Gasteiger partial charge on any atom is 0.268 e. The highest BCUT2D eigenvalue weighted by atomic mass is 32.1. The smallest absolute Gasteiger partial charge is 0.268 e. The molecule has 1 heterocycles. The van der Waals surface area contributed by atoms with Gasteiger partial charge in [0.15, 0.2) is 0 Å². The first kappa shape index (κ1) is 29.2. The Bertz CT molecular complexity index is 1520. The van der Waals surface area contributed by atoms with Crippen LogP contribution in [0.1, 0.15) is 58.9 Å². The van der Waals surface area contributed by atoms with Crippen molar-refractivity contribution in [3.8, 4) is 17.0 Å². The van der Waals surface area contributed by atoms with Crippen molar-refractivity contribution in [3.05, 3.63) is 100 Å². The van der Waals surface area contributed by atoms with Crippen LogP contribution in [-0.4, -0.2) is 34.2 Å². The summed E-state index contributed by atoms with van der Waals surface area (Å²) in [6, 6.07) is 17.5. The molecule has 10 heteroatoms. The van der Waals surface area contributed by atoms with E-state index >= 15 is 0 Å². The van der Waals surface area contributed by atoms with Gasteiger partial charge in [0.2, 0.25) is 5.91 Å². The minimum Gasteiger partial charge on any atom is -0.497 e. The van der Waals surface area contributed by atoms with Gasteiger partial charge in [-0.1, -0.05) is 43.5 Å². The van der Waals surface area contributed by atoms with Crippen molar-refractivity contribution in [2.45, 2.75) is 50.7 Å². The lowest BCUT2D eigenvalue weighted by Gasteiger charge is -2.33. The second-order valence-corrected chi connectivity index (χ2v) is 11.1. The number of halogens is 2. The van der Waals surface area contributed by atoms with Crippen LogP contribution in [-0.2, 0) is 11.3 Å². The standard InChI is InChI=1S/C32H32F2N4O3S/c1-41-26-17-11-22(12-18-26)29(31(39)36-25-5-3-2-4-6-25)38(19-20-7-13-23(33)14-8-20)32(40)30-27(35)28(37-42-30)21-9-15-24(34)16-10-21/h7-18,25,29H,2-6,19,35H2,1H3,(H,36,39)/t29-/m0/s1. The average molecular weight is 591 g/mol. The van der Waals surface area contributed by atoms with Gasteiger partial charge in [-0.25, -0.2) is 8.78 Å². The lowest BCUT2D eigenvalue weighted by Crippen LogP contribution is -2.46. The van der Waals surface area contributed by atoms with Crippen molar-refractivity contribution in [1.29, 1.82) is 0 Å². The monoisotopic (exact) mass is 590 g/mol. The van der Waals surface area contributed by atoms with Crippen LogP contribution in [0.15, 0.2) is 72.8 Å². The molecule has 1 aliphatic rings. The number of aromatic nitrogens is 1. The number of amides is 2. The topological polar surface area (TPSA) is 97.5 Å². The molecule has 1 fully saturated rings. The third-order valence-electron chi connectivity index (χ3n) is 7.51. The van der Waals surface area contributed by atoms with E-state index in [2.05, 4.69) is 9.69 Å². The van der Waals surface area contributed by atoms with Crippen molar-refractivity contribution < 1.29 is 23.1 Å². The number of hydrogen-bond donors (Lipinski definition) is 2. The van der Waals surface area contributed by atoms with Crippen molar-refractivity contribution in [2.75, 3.05) is 12.8 Å². The van der Waals surface area contributed by atoms with E-state index in [0.29, 0.717) is 28.1 Å². The predicted molar refractivity (Wildman–Crippen MR) is 159 cm³/mol. The summed E-state index contributed by atoms with van der Waals surface area (Å²) in [5, 5.41) is 3.18. The summed E-state index contributed by atoms with van der Waals surface area (Å²) < 4.78 is 37.0. The van der Waals surface area contributed by atoms with Gasteiger partial charge < -0.3 is 20.7 Å². The van der Waals surface area contributed by atoms with Crippen LogP contribution in [0.5, 0.6) is 5.75 Å². The molecule has 42 heavy (non-hydrogen) atoms. The number of methoxy groups -OCH3 is 1. The third-order valence-corrected chi connectivity index (χ3v) is 8.36. The molecular formula is C32H32F2N4O3S. The number of ether oxygens (including phenoxy) is 1. The zero-order chi connectivity index (χ0) is 29.6. The van der Waals surface area contributed by atoms with E-state index in [9.17, 15) is 18.4 Å². The normalized spacial score (nSPS) is 14.3. The van der Waals surface area contributed by atoms with Crippen LogP contribution in [0.25, 0.3) is 11.3 Å². The van der Waals surface area contributed by atoms with E-state index in [0.717, 1.165) is 43.6 Å². The Hall–Kier alpha value is -4.31. The van der Waals surface area contributed by atoms with E-state index in [1.165, 1.54) is 29.2 Å². The molecule has 3 N–H and O–H groups in total. The van der Waals surface area contributed by atoms with Crippen LogP contribution >= 0.6 is 11.5 Å². The molecule has 7 nitrogen and oxygen atoms in total. The molecule has 0 radical (unpaired) electrons. The number of carbonyl (C=O) groups excluding carboxylic acids is 2. The fourth-order valence-corrected chi connectivity index (χ4v) is 6.03. The van der Waals surface area contributed by atoms with Gasteiger partial charge in [-0.15, -0.1) is 0 Å². The Kier molecular flexibility index (Phi) is 9.12. The SMILES string of the molecule is COc1ccc([C@@H](C(=O)NC2CCCCC2)N(Cc2ccc(F)cc2)C(=O)c2snc(-c3ccc(F)cc3)c2N)cc1. The van der Waals surface area contributed by atoms with E-state index in [1.54, 1.807) is 55.6 Å². The number of carbonyl (C=O) groups is 2. The van der Waals surface area contributed by atoms with Gasteiger partial charge in [0.1, 0.15) is 34.0 Å². The molecule has 0 spiro atoms. The molecule has 1 atom stereocenters. The molecular weight excluding hydrogens is 558 g/mol. The summed E-state index contributed by atoms with van der Waals surface area (Å²) in [6.07, 6.45) is 4.93. The molecule has 0 saturated heterocycles. The van der Waals surface area contributed by atoms with Crippen molar-refractivity contribution in [2.24, 2.45) is 0 Å². The van der Waals surface area contributed by atoms with Crippen LogP contribution in [0.4, 0.5) is 14.5 Å². The van der Waals surface area contributed by atoms with Gasteiger partial charge in [0, 0.05) is 18.2 Å². The molecule has 0 unspecified atom stereocenters. The number of nitrogens with zero attached hydrogens (tertiary/aromatic N) is 2. The Balaban J connectivity index is 1.57. The Morgan fingerprint density at radius 1 is 0.976 bits per heavy atom. The molecule has 1 aromatic heterocycles. The van der Waals surface area contributed by atoms with Crippen molar-refractivity contribution >= 4 is 29.0 Å². The van der Waals surface area contributed by atoms with E-state index < -0.39 is 23.6 Å². The third kappa shape index (κ3) is 6.60. The largest absolute Gasteiger partial charge is 0.497 e. The second-order valence-electron chi connectivity index (χ2n) is 10.4. The fourth-order valence-electron chi connectivity index (χ4n) is 5.25. The van der Waals surface area contributed by atoms with Crippen LogP contribution < -0.4 is 15.8 Å². The summed E-state index contributed by atoms with van der Waals surface area (Å²) in [5.41, 5.74) is 8.75. The zero-order valence-electron chi connectivity index (χ0n) is 23.2. The summed E-state index contributed by atoms with van der Waals surface area (Å²) >= 11 is 0.919. The highest BCUT2D eigenvalue weighted by molar-refractivity contribution is 7.09. The van der Waals surface area contributed by atoms with Crippen LogP contribution in [0.3, 0.4) is 0 Å². The lowest BCUT2D eigenvalue weighted by atomic mass is 9.94. The van der Waals surface area contributed by atoms with Gasteiger partial charge in [-0.3, -0.25) is 9.59 Å². The first-order valence-corrected chi connectivity index (χ1v) is 14.6. The van der Waals surface area contributed by atoms with Gasteiger partial charge in [0.25, 0.3) is 5.91 Å². The lowest BCUT2D eigenvalue weighted by molar-refractivity contribution is -0.127. The van der Waals surface area contributed by atoms with Crippen LogP contribution in [0, 0.1) is 11.6 Å². The number of nitrogens with two attached hydrogens (primary N) is 1. The first-order chi connectivity index (χ1) is 20.3. The fraction of sp³-hybridized carbons (Fsp3) is 0.281. The number of rotatable bonds is 9. The van der Waals surface area contributed by atoms with Gasteiger partial charge in [0.05, 0.1) is 12.8 Å². The Morgan fingerprint density at radius 2 is 1.60 bits per heavy atom. The number of hydrogen-bond acceptors (Lipinski definition) is 6. The quantitative estimate of drug-likeness (QED) is 0.232. The molecule has 1 aliphatic carbocycles. The van der Waals surface area contributed by atoms with E-state index in [-0.39, 0.29) is 29.1 Å². The second kappa shape index (κ2) is 13.1. The number of nitrogens with one attached hydrogen (secondary N) is 1. The summed E-state index contributed by atoms with van der Waals surface area (Å²) in [7, 11) is 1.55. The van der Waals surface area contributed by atoms with Crippen molar-refractivity contribution in [1.82, 2.24) is 14.6 Å². The maximum absolute atomic E-state index is 14.3. The first-order valence-electron chi connectivity index (χ1n) is 13.8. The Labute approximate surface area is 247 Å². The number of anilines is 1. The zero-order valence-corrected chi connectivity index (χ0v) is 24.0. The van der Waals surface area contributed by atoms with Crippen molar-refractivity contribution in [3.63, 3.8) is 0 Å². The molecule has 3 aromatic carbocycles. The minimum atomic E-state index is -1.02. The van der Waals surface area contributed by atoms with Gasteiger partial charge in [-0.2, -0.15) is 4.37 Å². The molecule has 4 aromatic rings. The summed E-state index contributed by atoms with van der Waals surface area (Å²) in [6.45, 7) is 0.0110. The van der Waals surface area contributed by atoms with Gasteiger partial charge in [-0.05, 0) is 84.0 Å². The predicted octanol–water partition coefficient (Wildman–Crippen LogP) is 6.51. The maximum atomic E-state index is 14.3.